The zero-order chi connectivity index (χ0) is 20.9. The lowest BCUT2D eigenvalue weighted by Crippen LogP contribution is -2.25. The van der Waals surface area contributed by atoms with Gasteiger partial charge in [-0.15, -0.1) is 10.2 Å². The van der Waals surface area contributed by atoms with Crippen LogP contribution in [0.1, 0.15) is 54.1 Å². The van der Waals surface area contributed by atoms with Crippen molar-refractivity contribution in [1.29, 1.82) is 0 Å². The van der Waals surface area contributed by atoms with Crippen molar-refractivity contribution < 1.29 is 14.3 Å². The fourth-order valence-corrected chi connectivity index (χ4v) is 3.48. The third kappa shape index (κ3) is 4.15. The van der Waals surface area contributed by atoms with Crippen LogP contribution < -0.4 is 14.8 Å². The topological polar surface area (TPSA) is 78.3 Å². The van der Waals surface area contributed by atoms with Gasteiger partial charge in [0.25, 0.3) is 5.91 Å². The van der Waals surface area contributed by atoms with E-state index in [1.54, 1.807) is 12.1 Å². The molecule has 30 heavy (non-hydrogen) atoms. The lowest BCUT2D eigenvalue weighted by Gasteiger charge is -2.24. The van der Waals surface area contributed by atoms with Crippen molar-refractivity contribution >= 4 is 5.91 Å². The van der Waals surface area contributed by atoms with E-state index in [9.17, 15) is 4.79 Å². The molecule has 1 N–H and O–H groups in total. The Morgan fingerprint density at radius 2 is 1.77 bits per heavy atom. The lowest BCUT2D eigenvalue weighted by atomic mass is 9.85. The summed E-state index contributed by atoms with van der Waals surface area (Å²) in [5, 5.41) is 11.5. The summed E-state index contributed by atoms with van der Waals surface area (Å²) in [5.41, 5.74) is 0.449. The third-order valence-corrected chi connectivity index (χ3v) is 5.38. The maximum Gasteiger partial charge on any atom is 0.255 e. The molecule has 0 saturated heterocycles. The quantitative estimate of drug-likeness (QED) is 0.606. The molecule has 0 atom stereocenters. The van der Waals surface area contributed by atoms with Gasteiger partial charge in [-0.05, 0) is 44.0 Å². The molecule has 1 aliphatic rings. The molecule has 7 heteroatoms. The largest absolute Gasteiger partial charge is 0.490 e. The van der Waals surface area contributed by atoms with E-state index in [0.29, 0.717) is 41.9 Å². The van der Waals surface area contributed by atoms with E-state index in [1.807, 2.05) is 54.9 Å². The van der Waals surface area contributed by atoms with Gasteiger partial charge in [0, 0.05) is 13.0 Å². The first kappa shape index (κ1) is 19.9. The maximum atomic E-state index is 12.9. The number of ether oxygens (including phenoxy) is 2. The second kappa shape index (κ2) is 8.98. The Hall–Kier alpha value is -3.35. The summed E-state index contributed by atoms with van der Waals surface area (Å²) in [6, 6.07) is 14.6. The van der Waals surface area contributed by atoms with Gasteiger partial charge in [0.05, 0.1) is 18.7 Å². The zero-order valence-corrected chi connectivity index (χ0v) is 17.3. The Morgan fingerprint density at radius 3 is 2.47 bits per heavy atom. The van der Waals surface area contributed by atoms with E-state index < -0.39 is 0 Å². The summed E-state index contributed by atoms with van der Waals surface area (Å²) < 4.78 is 13.6. The zero-order valence-electron chi connectivity index (χ0n) is 17.3. The average molecular weight is 406 g/mol. The number of nitrogens with zero attached hydrogens (tertiary/aromatic N) is 3. The van der Waals surface area contributed by atoms with Crippen molar-refractivity contribution in [3.8, 4) is 17.2 Å². The molecule has 2 aromatic carbocycles. The number of para-hydroxylation sites is 3. The first-order valence-electron chi connectivity index (χ1n) is 10.3. The molecule has 1 amide bonds. The van der Waals surface area contributed by atoms with Gasteiger partial charge >= 0.3 is 0 Å². The Kier molecular flexibility index (Phi) is 5.97. The molecule has 0 unspecified atom stereocenters. The molecule has 3 aromatic rings. The van der Waals surface area contributed by atoms with Crippen molar-refractivity contribution in [3.05, 3.63) is 65.7 Å². The van der Waals surface area contributed by atoms with Gasteiger partial charge in [-0.1, -0.05) is 30.7 Å². The molecular weight excluding hydrogens is 380 g/mol. The van der Waals surface area contributed by atoms with Gasteiger partial charge in [0.15, 0.2) is 17.3 Å². The second-order valence-electron chi connectivity index (χ2n) is 7.32. The molecule has 0 aliphatic heterocycles. The predicted octanol–water partition coefficient (Wildman–Crippen LogP) is 4.20. The second-order valence-corrected chi connectivity index (χ2v) is 7.32. The molecule has 1 heterocycles. The van der Waals surface area contributed by atoms with E-state index in [1.165, 1.54) is 6.42 Å². The molecule has 4 rings (SSSR count). The van der Waals surface area contributed by atoms with Gasteiger partial charge in [-0.25, -0.2) is 0 Å². The van der Waals surface area contributed by atoms with Gasteiger partial charge in [-0.2, -0.15) is 0 Å². The summed E-state index contributed by atoms with van der Waals surface area (Å²) in [6.07, 6.45) is 3.56. The van der Waals surface area contributed by atoms with Crippen LogP contribution in [0.4, 0.5) is 0 Å². The number of benzene rings is 2. The Bertz CT molecular complexity index is 1030. The van der Waals surface area contributed by atoms with Crippen LogP contribution in [0.2, 0.25) is 0 Å². The molecule has 156 valence electrons. The molecule has 7 nitrogen and oxygen atoms in total. The third-order valence-electron chi connectivity index (χ3n) is 5.38. The molecule has 1 aliphatic carbocycles. The van der Waals surface area contributed by atoms with Crippen LogP contribution in [0.5, 0.6) is 17.2 Å². The number of hydrogen-bond donors (Lipinski definition) is 1. The number of carbonyl (C=O) groups excluding carboxylic acids is 1. The monoisotopic (exact) mass is 406 g/mol. The van der Waals surface area contributed by atoms with Crippen LogP contribution in [-0.4, -0.2) is 27.3 Å². The highest BCUT2D eigenvalue weighted by Gasteiger charge is 2.25. The van der Waals surface area contributed by atoms with Crippen molar-refractivity contribution in [3.63, 3.8) is 0 Å². The Morgan fingerprint density at radius 1 is 1.07 bits per heavy atom. The standard InChI is InChI=1S/C23H26N4O3/c1-3-29-19-13-6-7-14-20(19)30-18-12-5-4-11-17(18)23(28)24-15-21-25-26-22(27(21)2)16-9-8-10-16/h4-7,11-14,16H,3,8-10,15H2,1-2H3,(H,24,28). The minimum Gasteiger partial charge on any atom is -0.490 e. The van der Waals surface area contributed by atoms with E-state index >= 15 is 0 Å². The van der Waals surface area contributed by atoms with Crippen LogP contribution in [0.15, 0.2) is 48.5 Å². The summed E-state index contributed by atoms with van der Waals surface area (Å²) in [5.74, 6) is 3.68. The van der Waals surface area contributed by atoms with Crippen LogP contribution in [-0.2, 0) is 13.6 Å². The van der Waals surface area contributed by atoms with Gasteiger partial charge < -0.3 is 19.4 Å². The number of nitrogens with one attached hydrogen (secondary N) is 1. The molecule has 1 saturated carbocycles. The van der Waals surface area contributed by atoms with Crippen molar-refractivity contribution in [2.75, 3.05) is 6.61 Å². The van der Waals surface area contributed by atoms with Gasteiger partial charge in [0.2, 0.25) is 0 Å². The number of rotatable bonds is 8. The highest BCUT2D eigenvalue weighted by atomic mass is 16.5. The summed E-state index contributed by atoms with van der Waals surface area (Å²) in [4.78, 5) is 12.9. The SMILES string of the molecule is CCOc1ccccc1Oc1ccccc1C(=O)NCc1nnc(C2CCC2)n1C. The van der Waals surface area contributed by atoms with Crippen molar-refractivity contribution in [1.82, 2.24) is 20.1 Å². The van der Waals surface area contributed by atoms with Crippen LogP contribution >= 0.6 is 0 Å². The highest BCUT2D eigenvalue weighted by molar-refractivity contribution is 5.96. The predicted molar refractivity (Wildman–Crippen MR) is 113 cm³/mol. The van der Waals surface area contributed by atoms with E-state index in [2.05, 4.69) is 15.5 Å². The van der Waals surface area contributed by atoms with E-state index in [-0.39, 0.29) is 5.91 Å². The van der Waals surface area contributed by atoms with Crippen LogP contribution in [0, 0.1) is 0 Å². The fraction of sp³-hybridized carbons (Fsp3) is 0.348. The normalized spacial score (nSPS) is 13.5. The van der Waals surface area contributed by atoms with Crippen LogP contribution in [0.25, 0.3) is 0 Å². The van der Waals surface area contributed by atoms with E-state index in [4.69, 9.17) is 9.47 Å². The molecular formula is C23H26N4O3. The van der Waals surface area contributed by atoms with Crippen molar-refractivity contribution in [2.24, 2.45) is 7.05 Å². The minimum absolute atomic E-state index is 0.229. The molecule has 0 spiro atoms. The molecule has 1 aromatic heterocycles. The number of amides is 1. The Balaban J connectivity index is 1.47. The molecule has 0 radical (unpaired) electrons. The summed E-state index contributed by atoms with van der Waals surface area (Å²) in [6.45, 7) is 2.75. The minimum atomic E-state index is -0.229. The number of hydrogen-bond acceptors (Lipinski definition) is 5. The highest BCUT2D eigenvalue weighted by Crippen LogP contribution is 2.35. The molecule has 1 fully saturated rings. The Labute approximate surface area is 176 Å². The lowest BCUT2D eigenvalue weighted by molar-refractivity contribution is 0.0947. The van der Waals surface area contributed by atoms with E-state index in [0.717, 1.165) is 24.5 Å². The first-order chi connectivity index (χ1) is 14.7. The smallest absolute Gasteiger partial charge is 0.255 e. The molecule has 0 bridgehead atoms. The van der Waals surface area contributed by atoms with Crippen molar-refractivity contribution in [2.45, 2.75) is 38.6 Å². The number of carbonyl (C=O) groups is 1. The summed E-state index contributed by atoms with van der Waals surface area (Å²) in [7, 11) is 1.96. The van der Waals surface area contributed by atoms with Gasteiger partial charge in [-0.3, -0.25) is 4.79 Å². The maximum absolute atomic E-state index is 12.9. The number of aromatic nitrogens is 3. The first-order valence-corrected chi connectivity index (χ1v) is 10.3. The van der Waals surface area contributed by atoms with Crippen LogP contribution in [0.3, 0.4) is 0 Å². The summed E-state index contributed by atoms with van der Waals surface area (Å²) >= 11 is 0. The van der Waals surface area contributed by atoms with Gasteiger partial charge in [0.1, 0.15) is 11.6 Å². The fourth-order valence-electron chi connectivity index (χ4n) is 3.48. The average Bonchev–Trinajstić information content (AvgIpc) is 3.07.